The number of carbonyl (C=O) groups is 1. The summed E-state index contributed by atoms with van der Waals surface area (Å²) < 4.78 is 0. The van der Waals surface area contributed by atoms with Gasteiger partial charge in [0.1, 0.15) is 11.8 Å². The molecule has 0 saturated heterocycles. The van der Waals surface area contributed by atoms with Gasteiger partial charge in [-0.3, -0.25) is 4.90 Å². The highest BCUT2D eigenvalue weighted by Gasteiger charge is 2.42. The van der Waals surface area contributed by atoms with Crippen LogP contribution in [0.4, 0.5) is 4.79 Å². The molecule has 5 nitrogen and oxygen atoms in total. The summed E-state index contributed by atoms with van der Waals surface area (Å²) in [6.45, 7) is 3.08. The maximum Gasteiger partial charge on any atom is 0.408 e. The Morgan fingerprint density at radius 2 is 2.23 bits per heavy atom. The molecule has 0 aromatic heterocycles. The molecule has 0 aromatic carbocycles. The number of rotatable bonds is 0. The monoisotopic (exact) mass is 182 g/mol. The predicted molar refractivity (Wildman–Crippen MR) is 44.1 cm³/mol. The van der Waals surface area contributed by atoms with Crippen LogP contribution in [-0.2, 0) is 0 Å². The van der Waals surface area contributed by atoms with E-state index in [-0.39, 0.29) is 17.9 Å². The minimum Gasteiger partial charge on any atom is -0.509 e. The van der Waals surface area contributed by atoms with Gasteiger partial charge in [0.15, 0.2) is 0 Å². The normalized spacial score (nSPS) is 20.2. The van der Waals surface area contributed by atoms with Crippen LogP contribution in [-0.4, -0.2) is 33.3 Å². The average Bonchev–Trinajstić information content (AvgIpc) is 2.25. The van der Waals surface area contributed by atoms with E-state index in [1.165, 1.54) is 0 Å². The van der Waals surface area contributed by atoms with Crippen molar-refractivity contribution in [1.82, 2.24) is 4.90 Å². The first-order chi connectivity index (χ1) is 5.91. The first-order valence-corrected chi connectivity index (χ1v) is 3.74. The van der Waals surface area contributed by atoms with Gasteiger partial charge in [-0.25, -0.2) is 4.79 Å². The lowest BCUT2D eigenvalue weighted by atomic mass is 10.0. The van der Waals surface area contributed by atoms with Gasteiger partial charge in [-0.15, -0.1) is 0 Å². The maximum absolute atomic E-state index is 10.7. The van der Waals surface area contributed by atoms with E-state index < -0.39 is 11.6 Å². The van der Waals surface area contributed by atoms with Crippen molar-refractivity contribution in [1.29, 1.82) is 5.26 Å². The number of nitriles is 1. The Bertz CT molecular complexity index is 325. The van der Waals surface area contributed by atoms with E-state index in [0.29, 0.717) is 0 Å². The van der Waals surface area contributed by atoms with E-state index in [2.05, 4.69) is 0 Å². The summed E-state index contributed by atoms with van der Waals surface area (Å²) in [6.07, 6.45) is -1.14. The molecule has 0 radical (unpaired) electrons. The quantitative estimate of drug-likeness (QED) is 0.587. The highest BCUT2D eigenvalue weighted by molar-refractivity contribution is 5.69. The molecule has 0 spiro atoms. The topological polar surface area (TPSA) is 84.6 Å². The molecule has 0 fully saturated rings. The number of nitrogens with zero attached hydrogens (tertiary/aromatic N) is 2. The Kier molecular flexibility index (Phi) is 1.92. The first kappa shape index (κ1) is 9.39. The molecule has 0 aromatic rings. The zero-order valence-corrected chi connectivity index (χ0v) is 7.40. The fraction of sp³-hybridized carbons (Fsp3) is 0.500. The fourth-order valence-electron chi connectivity index (χ4n) is 1.32. The van der Waals surface area contributed by atoms with Gasteiger partial charge in [0.05, 0.1) is 17.7 Å². The molecule has 5 heteroatoms. The van der Waals surface area contributed by atoms with Gasteiger partial charge in [-0.2, -0.15) is 5.26 Å². The summed E-state index contributed by atoms with van der Waals surface area (Å²) in [7, 11) is 0. The Balaban J connectivity index is 3.08. The van der Waals surface area contributed by atoms with Crippen molar-refractivity contribution in [2.75, 3.05) is 6.54 Å². The molecular weight excluding hydrogens is 172 g/mol. The van der Waals surface area contributed by atoms with Gasteiger partial charge >= 0.3 is 6.09 Å². The van der Waals surface area contributed by atoms with E-state index in [0.717, 1.165) is 4.90 Å². The molecule has 1 amide bonds. The summed E-state index contributed by atoms with van der Waals surface area (Å²) >= 11 is 0. The van der Waals surface area contributed by atoms with Crippen LogP contribution >= 0.6 is 0 Å². The lowest BCUT2D eigenvalue weighted by Crippen LogP contribution is -2.44. The molecule has 0 atom stereocenters. The third-order valence-electron chi connectivity index (χ3n) is 2.22. The predicted octanol–water partition coefficient (Wildman–Crippen LogP) is 1.09. The smallest absolute Gasteiger partial charge is 0.408 e. The molecule has 2 N–H and O–H groups in total. The Labute approximate surface area is 75.5 Å². The van der Waals surface area contributed by atoms with Crippen LogP contribution in [0.3, 0.4) is 0 Å². The molecule has 1 rings (SSSR count). The fourth-order valence-corrected chi connectivity index (χ4v) is 1.32. The van der Waals surface area contributed by atoms with Gasteiger partial charge in [0, 0.05) is 0 Å². The van der Waals surface area contributed by atoms with E-state index in [1.54, 1.807) is 19.9 Å². The Morgan fingerprint density at radius 1 is 1.69 bits per heavy atom. The number of amides is 1. The molecule has 0 unspecified atom stereocenters. The van der Waals surface area contributed by atoms with E-state index >= 15 is 0 Å². The van der Waals surface area contributed by atoms with Crippen LogP contribution in [0, 0.1) is 11.3 Å². The van der Waals surface area contributed by atoms with Gasteiger partial charge < -0.3 is 10.2 Å². The lowest BCUT2D eigenvalue weighted by molar-refractivity contribution is 0.108. The van der Waals surface area contributed by atoms with Gasteiger partial charge in [-0.05, 0) is 13.8 Å². The minimum absolute atomic E-state index is 0.0370. The zero-order valence-electron chi connectivity index (χ0n) is 7.40. The largest absolute Gasteiger partial charge is 0.509 e. The SMILES string of the molecule is CC1(C)C(O)=C(C#N)CN1C(=O)O. The highest BCUT2D eigenvalue weighted by atomic mass is 16.4. The van der Waals surface area contributed by atoms with Crippen LogP contribution in [0.15, 0.2) is 11.3 Å². The number of aliphatic hydroxyl groups excluding tert-OH is 1. The van der Waals surface area contributed by atoms with Crippen LogP contribution in [0.5, 0.6) is 0 Å². The summed E-state index contributed by atoms with van der Waals surface area (Å²) in [5.74, 6) is -0.155. The molecule has 70 valence electrons. The van der Waals surface area contributed by atoms with Crippen molar-refractivity contribution in [3.8, 4) is 6.07 Å². The Hall–Kier alpha value is -1.70. The molecule has 1 heterocycles. The minimum atomic E-state index is -1.14. The standard InChI is InChI=1S/C8H10N2O3/c1-8(2)6(11)5(3-9)4-10(8)7(12)13/h11H,4H2,1-2H3,(H,12,13). The summed E-state index contributed by atoms with van der Waals surface area (Å²) in [4.78, 5) is 11.7. The van der Waals surface area contributed by atoms with Crippen LogP contribution in [0.2, 0.25) is 0 Å². The summed E-state index contributed by atoms with van der Waals surface area (Å²) in [5.41, 5.74) is -0.871. The van der Waals surface area contributed by atoms with E-state index in [4.69, 9.17) is 10.4 Å². The van der Waals surface area contributed by atoms with Crippen LogP contribution in [0.1, 0.15) is 13.8 Å². The highest BCUT2D eigenvalue weighted by Crippen LogP contribution is 2.31. The third kappa shape index (κ3) is 1.20. The number of hydrogen-bond donors (Lipinski definition) is 2. The number of hydrogen-bond acceptors (Lipinski definition) is 3. The van der Waals surface area contributed by atoms with Crippen molar-refractivity contribution < 1.29 is 15.0 Å². The van der Waals surface area contributed by atoms with E-state index in [1.807, 2.05) is 0 Å². The Morgan fingerprint density at radius 3 is 2.46 bits per heavy atom. The molecular formula is C8H10N2O3. The van der Waals surface area contributed by atoms with Crippen molar-refractivity contribution in [3.63, 3.8) is 0 Å². The molecule has 0 saturated carbocycles. The molecule has 0 aliphatic carbocycles. The second-order valence-electron chi connectivity index (χ2n) is 3.37. The van der Waals surface area contributed by atoms with Crippen LogP contribution < -0.4 is 0 Å². The second kappa shape index (κ2) is 2.66. The van der Waals surface area contributed by atoms with E-state index in [9.17, 15) is 9.90 Å². The average molecular weight is 182 g/mol. The first-order valence-electron chi connectivity index (χ1n) is 3.74. The number of aliphatic hydroxyl groups is 1. The van der Waals surface area contributed by atoms with Crippen molar-refractivity contribution in [2.24, 2.45) is 0 Å². The van der Waals surface area contributed by atoms with Crippen molar-refractivity contribution in [2.45, 2.75) is 19.4 Å². The van der Waals surface area contributed by atoms with Gasteiger partial charge in [-0.1, -0.05) is 0 Å². The van der Waals surface area contributed by atoms with Gasteiger partial charge in [0.2, 0.25) is 0 Å². The third-order valence-corrected chi connectivity index (χ3v) is 2.22. The lowest BCUT2D eigenvalue weighted by Gasteiger charge is -2.28. The number of carboxylic acid groups (broad SMARTS) is 1. The molecule has 1 aliphatic heterocycles. The molecule has 1 aliphatic rings. The van der Waals surface area contributed by atoms with Gasteiger partial charge in [0.25, 0.3) is 0 Å². The molecule has 13 heavy (non-hydrogen) atoms. The maximum atomic E-state index is 10.7. The van der Waals surface area contributed by atoms with Crippen LogP contribution in [0.25, 0.3) is 0 Å². The second-order valence-corrected chi connectivity index (χ2v) is 3.37. The molecule has 0 bridgehead atoms. The summed E-state index contributed by atoms with van der Waals surface area (Å²) in [5, 5.41) is 26.8. The van der Waals surface area contributed by atoms with Crippen molar-refractivity contribution >= 4 is 6.09 Å². The summed E-state index contributed by atoms with van der Waals surface area (Å²) in [6, 6.07) is 1.78. The zero-order chi connectivity index (χ0) is 10.2. The van der Waals surface area contributed by atoms with Crippen molar-refractivity contribution in [3.05, 3.63) is 11.3 Å².